The Morgan fingerprint density at radius 1 is 1.73 bits per heavy atom. The van der Waals surface area contributed by atoms with E-state index in [0.717, 1.165) is 0 Å². The summed E-state index contributed by atoms with van der Waals surface area (Å²) in [5.74, 6) is -0.164. The molecule has 0 aliphatic carbocycles. The molecular formula is C9H13BrClN3O. The lowest BCUT2D eigenvalue weighted by molar-refractivity contribution is 0.0940. The lowest BCUT2D eigenvalue weighted by Crippen LogP contribution is -2.37. The first kappa shape index (κ1) is 14.3. The average molecular weight is 295 g/mol. The molecule has 0 bridgehead atoms. The van der Waals surface area contributed by atoms with Gasteiger partial charge in [-0.2, -0.15) is 0 Å². The molecule has 1 aromatic rings. The third kappa shape index (κ3) is 4.15. The summed E-state index contributed by atoms with van der Waals surface area (Å²) in [6, 6.07) is 3.39. The van der Waals surface area contributed by atoms with Crippen molar-refractivity contribution in [2.75, 3.05) is 6.54 Å². The molecule has 1 heterocycles. The second-order valence-corrected chi connectivity index (χ2v) is 3.70. The van der Waals surface area contributed by atoms with Crippen LogP contribution >= 0.6 is 28.3 Å². The van der Waals surface area contributed by atoms with Crippen LogP contribution in [0.15, 0.2) is 22.9 Å². The van der Waals surface area contributed by atoms with Gasteiger partial charge in [0.2, 0.25) is 0 Å². The zero-order chi connectivity index (χ0) is 10.6. The Morgan fingerprint density at radius 2 is 2.40 bits per heavy atom. The fraction of sp³-hybridized carbons (Fsp3) is 0.333. The number of hydrogen-bond donors (Lipinski definition) is 2. The maximum absolute atomic E-state index is 11.6. The number of rotatable bonds is 3. The van der Waals surface area contributed by atoms with Crippen LogP contribution in [0.4, 0.5) is 0 Å². The Kier molecular flexibility index (Phi) is 6.47. The van der Waals surface area contributed by atoms with Crippen molar-refractivity contribution in [1.82, 2.24) is 10.3 Å². The number of aromatic nitrogens is 1. The van der Waals surface area contributed by atoms with Crippen molar-refractivity contribution in [2.45, 2.75) is 13.0 Å². The Labute approximate surface area is 103 Å². The summed E-state index contributed by atoms with van der Waals surface area (Å²) in [7, 11) is 0. The summed E-state index contributed by atoms with van der Waals surface area (Å²) in [4.78, 5) is 15.6. The van der Waals surface area contributed by atoms with E-state index in [-0.39, 0.29) is 24.4 Å². The monoisotopic (exact) mass is 293 g/mol. The van der Waals surface area contributed by atoms with Gasteiger partial charge in [0.1, 0.15) is 4.60 Å². The van der Waals surface area contributed by atoms with Crippen LogP contribution in [-0.4, -0.2) is 23.5 Å². The molecule has 0 saturated heterocycles. The van der Waals surface area contributed by atoms with E-state index in [1.54, 1.807) is 18.3 Å². The van der Waals surface area contributed by atoms with Gasteiger partial charge in [0.15, 0.2) is 0 Å². The maximum atomic E-state index is 11.6. The smallest absolute Gasteiger partial charge is 0.254 e. The minimum absolute atomic E-state index is 0. The van der Waals surface area contributed by atoms with Crippen LogP contribution in [0.5, 0.6) is 0 Å². The van der Waals surface area contributed by atoms with E-state index in [1.807, 2.05) is 6.92 Å². The Morgan fingerprint density at radius 3 is 2.93 bits per heavy atom. The first-order valence-corrected chi connectivity index (χ1v) is 5.06. The third-order valence-electron chi connectivity index (χ3n) is 1.73. The number of nitrogens with two attached hydrogens (primary N) is 1. The van der Waals surface area contributed by atoms with Crippen molar-refractivity contribution in [2.24, 2.45) is 5.73 Å². The zero-order valence-electron chi connectivity index (χ0n) is 8.24. The average Bonchev–Trinajstić information content (AvgIpc) is 2.18. The molecule has 0 aromatic carbocycles. The molecule has 4 nitrogen and oxygen atoms in total. The van der Waals surface area contributed by atoms with Crippen LogP contribution in [0.25, 0.3) is 0 Å². The van der Waals surface area contributed by atoms with E-state index in [2.05, 4.69) is 26.2 Å². The molecule has 0 spiro atoms. The molecule has 6 heteroatoms. The van der Waals surface area contributed by atoms with Gasteiger partial charge < -0.3 is 11.1 Å². The van der Waals surface area contributed by atoms with Gasteiger partial charge in [0, 0.05) is 18.8 Å². The molecule has 0 radical (unpaired) electrons. The lowest BCUT2D eigenvalue weighted by Gasteiger charge is -2.11. The first-order valence-electron chi connectivity index (χ1n) is 4.26. The molecule has 0 aliphatic heterocycles. The van der Waals surface area contributed by atoms with Crippen LogP contribution < -0.4 is 11.1 Å². The largest absolute Gasteiger partial charge is 0.348 e. The SMILES string of the molecule is C[C@@H](CN)NC(=O)c1cccnc1Br.Cl. The van der Waals surface area contributed by atoms with E-state index in [4.69, 9.17) is 5.73 Å². The van der Waals surface area contributed by atoms with Crippen molar-refractivity contribution in [1.29, 1.82) is 0 Å². The number of amides is 1. The van der Waals surface area contributed by atoms with Crippen LogP contribution in [0.2, 0.25) is 0 Å². The number of hydrogen-bond acceptors (Lipinski definition) is 3. The van der Waals surface area contributed by atoms with Gasteiger partial charge in [-0.25, -0.2) is 4.98 Å². The lowest BCUT2D eigenvalue weighted by atomic mass is 10.2. The minimum Gasteiger partial charge on any atom is -0.348 e. The molecule has 84 valence electrons. The van der Waals surface area contributed by atoms with E-state index >= 15 is 0 Å². The van der Waals surface area contributed by atoms with Gasteiger partial charge in [-0.3, -0.25) is 4.79 Å². The maximum Gasteiger partial charge on any atom is 0.254 e. The fourth-order valence-corrected chi connectivity index (χ4v) is 1.35. The predicted molar refractivity (Wildman–Crippen MR) is 65.2 cm³/mol. The summed E-state index contributed by atoms with van der Waals surface area (Å²) < 4.78 is 0.543. The second-order valence-electron chi connectivity index (χ2n) is 2.95. The van der Waals surface area contributed by atoms with Crippen LogP contribution in [0.3, 0.4) is 0 Å². The van der Waals surface area contributed by atoms with Gasteiger partial charge in [0.05, 0.1) is 5.56 Å². The minimum atomic E-state index is -0.164. The summed E-state index contributed by atoms with van der Waals surface area (Å²) >= 11 is 3.21. The number of carbonyl (C=O) groups is 1. The van der Waals surface area contributed by atoms with Gasteiger partial charge in [0.25, 0.3) is 5.91 Å². The highest BCUT2D eigenvalue weighted by Gasteiger charge is 2.11. The summed E-state index contributed by atoms with van der Waals surface area (Å²) in [6.07, 6.45) is 1.62. The van der Waals surface area contributed by atoms with E-state index in [1.165, 1.54) is 0 Å². The quantitative estimate of drug-likeness (QED) is 0.827. The molecule has 1 rings (SSSR count). The molecule has 1 aromatic heterocycles. The summed E-state index contributed by atoms with van der Waals surface area (Å²) in [5, 5.41) is 2.75. The standard InChI is InChI=1S/C9H12BrN3O.ClH/c1-6(5-11)13-9(14)7-3-2-4-12-8(7)10;/h2-4,6H,5,11H2,1H3,(H,13,14);1H/t6-;/m0./s1. The molecule has 1 amide bonds. The highest BCUT2D eigenvalue weighted by molar-refractivity contribution is 9.10. The number of pyridine rings is 1. The van der Waals surface area contributed by atoms with Crippen molar-refractivity contribution in [3.63, 3.8) is 0 Å². The van der Waals surface area contributed by atoms with E-state index in [9.17, 15) is 4.79 Å². The van der Waals surface area contributed by atoms with Crippen LogP contribution in [0, 0.1) is 0 Å². The Balaban J connectivity index is 0.00000196. The van der Waals surface area contributed by atoms with E-state index in [0.29, 0.717) is 16.7 Å². The number of carbonyl (C=O) groups excluding carboxylic acids is 1. The number of nitrogens with one attached hydrogen (secondary N) is 1. The molecule has 0 saturated carbocycles. The summed E-state index contributed by atoms with van der Waals surface area (Å²) in [5.41, 5.74) is 5.92. The van der Waals surface area contributed by atoms with Gasteiger partial charge in [-0.1, -0.05) is 0 Å². The number of halogens is 2. The highest BCUT2D eigenvalue weighted by atomic mass is 79.9. The second kappa shape index (κ2) is 6.76. The number of nitrogens with zero attached hydrogens (tertiary/aromatic N) is 1. The van der Waals surface area contributed by atoms with Crippen molar-refractivity contribution in [3.8, 4) is 0 Å². The van der Waals surface area contributed by atoms with Gasteiger partial charge >= 0.3 is 0 Å². The molecule has 15 heavy (non-hydrogen) atoms. The van der Waals surface area contributed by atoms with Gasteiger partial charge in [-0.15, -0.1) is 12.4 Å². The topological polar surface area (TPSA) is 68.0 Å². The van der Waals surface area contributed by atoms with Crippen LogP contribution in [-0.2, 0) is 0 Å². The molecule has 0 aliphatic rings. The predicted octanol–water partition coefficient (Wildman–Crippen LogP) is 1.34. The Hall–Kier alpha value is -0.650. The van der Waals surface area contributed by atoms with Crippen molar-refractivity contribution >= 4 is 34.2 Å². The molecule has 0 fully saturated rings. The Bertz CT molecular complexity index is 335. The van der Waals surface area contributed by atoms with Crippen molar-refractivity contribution in [3.05, 3.63) is 28.5 Å². The van der Waals surface area contributed by atoms with Crippen molar-refractivity contribution < 1.29 is 4.79 Å². The summed E-state index contributed by atoms with van der Waals surface area (Å²) in [6.45, 7) is 2.27. The molecule has 3 N–H and O–H groups in total. The first-order chi connectivity index (χ1) is 6.65. The molecule has 1 atom stereocenters. The van der Waals surface area contributed by atoms with Gasteiger partial charge in [-0.05, 0) is 35.0 Å². The normalized spacial score (nSPS) is 11.4. The zero-order valence-corrected chi connectivity index (χ0v) is 10.6. The highest BCUT2D eigenvalue weighted by Crippen LogP contribution is 2.12. The van der Waals surface area contributed by atoms with E-state index < -0.39 is 0 Å². The third-order valence-corrected chi connectivity index (χ3v) is 2.37. The van der Waals surface area contributed by atoms with Crippen LogP contribution in [0.1, 0.15) is 17.3 Å². The fourth-order valence-electron chi connectivity index (χ4n) is 0.916. The molecular weight excluding hydrogens is 281 g/mol. The molecule has 0 unspecified atom stereocenters.